The summed E-state index contributed by atoms with van der Waals surface area (Å²) in [4.78, 5) is 4.25. The van der Waals surface area contributed by atoms with Crippen molar-refractivity contribution in [1.29, 1.82) is 0 Å². The van der Waals surface area contributed by atoms with Crippen LogP contribution in [-0.4, -0.2) is 18.1 Å². The summed E-state index contributed by atoms with van der Waals surface area (Å²) in [5, 5.41) is 3.49. The summed E-state index contributed by atoms with van der Waals surface area (Å²) >= 11 is 0. The third-order valence-electron chi connectivity index (χ3n) is 3.52. The molecule has 1 aliphatic heterocycles. The molecule has 4 nitrogen and oxygen atoms in total. The molecule has 1 N–H and O–H groups in total. The molecule has 0 aliphatic carbocycles. The van der Waals surface area contributed by atoms with Crippen molar-refractivity contribution in [2.24, 2.45) is 0 Å². The van der Waals surface area contributed by atoms with Crippen molar-refractivity contribution < 1.29 is 9.47 Å². The van der Waals surface area contributed by atoms with Gasteiger partial charge in [0.1, 0.15) is 24.7 Å². The van der Waals surface area contributed by atoms with Gasteiger partial charge in [-0.15, -0.1) is 0 Å². The van der Waals surface area contributed by atoms with Crippen LogP contribution in [0.25, 0.3) is 0 Å². The van der Waals surface area contributed by atoms with E-state index in [0.29, 0.717) is 19.3 Å². The van der Waals surface area contributed by atoms with Crippen LogP contribution in [0.1, 0.15) is 30.6 Å². The monoisotopic (exact) mass is 284 g/mol. The van der Waals surface area contributed by atoms with E-state index in [1.54, 1.807) is 6.20 Å². The molecular formula is C17H20N2O2. The van der Waals surface area contributed by atoms with Crippen molar-refractivity contribution in [1.82, 2.24) is 10.3 Å². The van der Waals surface area contributed by atoms with Gasteiger partial charge in [0.05, 0.1) is 11.7 Å². The Morgan fingerprint density at radius 3 is 3.10 bits per heavy atom. The van der Waals surface area contributed by atoms with Gasteiger partial charge in [-0.2, -0.15) is 0 Å². The van der Waals surface area contributed by atoms with Crippen LogP contribution in [0.3, 0.4) is 0 Å². The fraction of sp³-hybridized carbons (Fsp3) is 0.353. The number of pyridine rings is 1. The Kier molecular flexibility index (Phi) is 4.36. The standard InChI is InChI=1S/C17H20N2O2/c1-2-8-19-16-12-21-17-10-14(6-7-15(16)17)20-11-13-5-3-4-9-18-13/h3-7,9-10,16,19H,2,8,11-12H2,1H3. The molecular weight excluding hydrogens is 264 g/mol. The lowest BCUT2D eigenvalue weighted by atomic mass is 10.1. The van der Waals surface area contributed by atoms with Crippen LogP contribution >= 0.6 is 0 Å². The maximum Gasteiger partial charge on any atom is 0.130 e. The first-order valence-electron chi connectivity index (χ1n) is 7.39. The van der Waals surface area contributed by atoms with E-state index in [4.69, 9.17) is 9.47 Å². The molecule has 0 saturated heterocycles. The highest BCUT2D eigenvalue weighted by Gasteiger charge is 2.23. The first-order valence-corrected chi connectivity index (χ1v) is 7.39. The molecule has 2 heterocycles. The lowest BCUT2D eigenvalue weighted by Gasteiger charge is -2.11. The smallest absolute Gasteiger partial charge is 0.130 e. The van der Waals surface area contributed by atoms with E-state index in [2.05, 4.69) is 23.3 Å². The molecule has 21 heavy (non-hydrogen) atoms. The van der Waals surface area contributed by atoms with Crippen LogP contribution in [0.2, 0.25) is 0 Å². The number of fused-ring (bicyclic) bond motifs is 1. The molecule has 3 rings (SSSR count). The zero-order valence-electron chi connectivity index (χ0n) is 12.2. The molecule has 0 fully saturated rings. The van der Waals surface area contributed by atoms with E-state index in [-0.39, 0.29) is 0 Å². The first kappa shape index (κ1) is 13.9. The Labute approximate surface area is 125 Å². The van der Waals surface area contributed by atoms with Gasteiger partial charge in [-0.05, 0) is 37.2 Å². The number of hydrogen-bond acceptors (Lipinski definition) is 4. The van der Waals surface area contributed by atoms with E-state index < -0.39 is 0 Å². The van der Waals surface area contributed by atoms with Crippen LogP contribution in [0, 0.1) is 0 Å². The van der Waals surface area contributed by atoms with Crippen molar-refractivity contribution >= 4 is 0 Å². The fourth-order valence-corrected chi connectivity index (χ4v) is 2.41. The highest BCUT2D eigenvalue weighted by Crippen LogP contribution is 2.35. The number of aromatic nitrogens is 1. The van der Waals surface area contributed by atoms with Crippen LogP contribution in [-0.2, 0) is 6.61 Å². The summed E-state index contributed by atoms with van der Waals surface area (Å²) in [7, 11) is 0. The number of hydrogen-bond donors (Lipinski definition) is 1. The predicted octanol–water partition coefficient (Wildman–Crippen LogP) is 3.09. The summed E-state index contributed by atoms with van der Waals surface area (Å²) < 4.78 is 11.5. The van der Waals surface area contributed by atoms with E-state index in [1.165, 1.54) is 5.56 Å². The Balaban J connectivity index is 1.64. The third kappa shape index (κ3) is 3.34. The van der Waals surface area contributed by atoms with Crippen LogP contribution in [0.4, 0.5) is 0 Å². The largest absolute Gasteiger partial charge is 0.491 e. The fourth-order valence-electron chi connectivity index (χ4n) is 2.41. The SMILES string of the molecule is CCCNC1COc2cc(OCc3ccccn3)ccc21. The van der Waals surface area contributed by atoms with Gasteiger partial charge in [0.2, 0.25) is 0 Å². The van der Waals surface area contributed by atoms with Crippen molar-refractivity contribution in [3.8, 4) is 11.5 Å². The molecule has 0 saturated carbocycles. The second kappa shape index (κ2) is 6.59. The lowest BCUT2D eigenvalue weighted by Crippen LogP contribution is -2.22. The number of nitrogens with one attached hydrogen (secondary N) is 1. The van der Waals surface area contributed by atoms with Gasteiger partial charge in [0.25, 0.3) is 0 Å². The molecule has 1 aromatic heterocycles. The highest BCUT2D eigenvalue weighted by molar-refractivity contribution is 5.45. The van der Waals surface area contributed by atoms with Gasteiger partial charge in [-0.25, -0.2) is 0 Å². The minimum atomic E-state index is 0.296. The third-order valence-corrected chi connectivity index (χ3v) is 3.52. The van der Waals surface area contributed by atoms with Crippen LogP contribution < -0.4 is 14.8 Å². The summed E-state index contributed by atoms with van der Waals surface area (Å²) in [5.74, 6) is 1.73. The van der Waals surface area contributed by atoms with Crippen LogP contribution in [0.5, 0.6) is 11.5 Å². The Morgan fingerprint density at radius 1 is 1.33 bits per heavy atom. The maximum absolute atomic E-state index is 5.77. The van der Waals surface area contributed by atoms with Gasteiger partial charge >= 0.3 is 0 Å². The second-order valence-electron chi connectivity index (χ2n) is 5.13. The Bertz CT molecular complexity index is 587. The minimum Gasteiger partial charge on any atom is -0.491 e. The molecule has 0 radical (unpaired) electrons. The average Bonchev–Trinajstić information content (AvgIpc) is 2.94. The molecule has 1 atom stereocenters. The van der Waals surface area contributed by atoms with Gasteiger partial charge in [0, 0.05) is 17.8 Å². The molecule has 110 valence electrons. The van der Waals surface area contributed by atoms with E-state index in [1.807, 2.05) is 30.3 Å². The normalized spacial score (nSPS) is 16.3. The van der Waals surface area contributed by atoms with Crippen LogP contribution in [0.15, 0.2) is 42.6 Å². The zero-order valence-corrected chi connectivity index (χ0v) is 12.2. The molecule has 1 aromatic carbocycles. The molecule has 1 unspecified atom stereocenters. The van der Waals surface area contributed by atoms with Gasteiger partial charge < -0.3 is 14.8 Å². The van der Waals surface area contributed by atoms with E-state index in [9.17, 15) is 0 Å². The van der Waals surface area contributed by atoms with Gasteiger partial charge in [0.15, 0.2) is 0 Å². The average molecular weight is 284 g/mol. The topological polar surface area (TPSA) is 43.4 Å². The maximum atomic E-state index is 5.77. The number of rotatable bonds is 6. The lowest BCUT2D eigenvalue weighted by molar-refractivity contribution is 0.294. The summed E-state index contributed by atoms with van der Waals surface area (Å²) in [6.45, 7) is 4.33. The number of nitrogens with zero attached hydrogens (tertiary/aromatic N) is 1. The quantitative estimate of drug-likeness (QED) is 0.885. The zero-order chi connectivity index (χ0) is 14.5. The second-order valence-corrected chi connectivity index (χ2v) is 5.13. The summed E-state index contributed by atoms with van der Waals surface area (Å²) in [6.07, 6.45) is 2.89. The molecule has 4 heteroatoms. The van der Waals surface area contributed by atoms with Crippen molar-refractivity contribution in [3.63, 3.8) is 0 Å². The summed E-state index contributed by atoms with van der Waals surface area (Å²) in [5.41, 5.74) is 2.13. The van der Waals surface area contributed by atoms with Crippen molar-refractivity contribution in [2.75, 3.05) is 13.2 Å². The Hall–Kier alpha value is -2.07. The Morgan fingerprint density at radius 2 is 2.29 bits per heavy atom. The molecule has 1 aliphatic rings. The number of ether oxygens (including phenoxy) is 2. The van der Waals surface area contributed by atoms with Gasteiger partial charge in [-0.1, -0.05) is 13.0 Å². The molecule has 2 aromatic rings. The van der Waals surface area contributed by atoms with Gasteiger partial charge in [-0.3, -0.25) is 4.98 Å². The number of benzene rings is 1. The summed E-state index contributed by atoms with van der Waals surface area (Å²) in [6, 6.07) is 12.2. The molecule has 0 amide bonds. The van der Waals surface area contributed by atoms with E-state index >= 15 is 0 Å². The van der Waals surface area contributed by atoms with Crippen molar-refractivity contribution in [2.45, 2.75) is 26.0 Å². The minimum absolute atomic E-state index is 0.296. The molecule has 0 bridgehead atoms. The van der Waals surface area contributed by atoms with E-state index in [0.717, 1.165) is 30.2 Å². The van der Waals surface area contributed by atoms with Crippen molar-refractivity contribution in [3.05, 3.63) is 53.9 Å². The molecule has 0 spiro atoms. The highest BCUT2D eigenvalue weighted by atomic mass is 16.5. The first-order chi connectivity index (χ1) is 10.4. The predicted molar refractivity (Wildman–Crippen MR) is 81.5 cm³/mol.